The van der Waals surface area contributed by atoms with Crippen LogP contribution in [0.15, 0.2) is 56.9 Å². The number of unbranched alkanes of at least 4 members (excludes halogenated alkanes) is 2. The molecule has 0 unspecified atom stereocenters. The number of piperazine rings is 1. The molecule has 1 aliphatic rings. The maximum absolute atomic E-state index is 13.5. The Kier molecular flexibility index (Phi) is 10.4. The summed E-state index contributed by atoms with van der Waals surface area (Å²) in [6.45, 7) is 8.98. The second-order valence-electron chi connectivity index (χ2n) is 11.2. The van der Waals surface area contributed by atoms with E-state index in [4.69, 9.17) is 9.15 Å². The van der Waals surface area contributed by atoms with Crippen LogP contribution in [-0.2, 0) is 12.7 Å². The largest absolute Gasteiger partial charge is 0.486 e. The number of hydrogen-bond acceptors (Lipinski definition) is 7. The Labute approximate surface area is 247 Å². The van der Waals surface area contributed by atoms with Gasteiger partial charge < -0.3 is 19.4 Å². The lowest BCUT2D eigenvalue weighted by molar-refractivity contribution is -0.136. The smallest absolute Gasteiger partial charge is 0.417 e. The van der Waals surface area contributed by atoms with Gasteiger partial charge in [-0.15, -0.1) is 11.8 Å². The van der Waals surface area contributed by atoms with Gasteiger partial charge in [0.05, 0.1) is 30.5 Å². The molecule has 1 N–H and O–H groups in total. The predicted octanol–water partition coefficient (Wildman–Crippen LogP) is 6.17. The molecule has 228 valence electrons. The summed E-state index contributed by atoms with van der Waals surface area (Å²) in [5.74, 6) is 1.29. The highest BCUT2D eigenvalue weighted by molar-refractivity contribution is 7.99. The number of carbonyl (C=O) groups excluding carboxylic acids is 1. The molecular formula is C30H37F3N4O4S. The molecule has 0 bridgehead atoms. The van der Waals surface area contributed by atoms with Crippen LogP contribution in [0.2, 0.25) is 0 Å². The first-order chi connectivity index (χ1) is 19.9. The number of amides is 2. The van der Waals surface area contributed by atoms with Crippen LogP contribution >= 0.6 is 11.8 Å². The third kappa shape index (κ3) is 8.64. The Morgan fingerprint density at radius 1 is 1.07 bits per heavy atom. The van der Waals surface area contributed by atoms with E-state index in [-0.39, 0.29) is 28.1 Å². The number of pyridine rings is 1. The molecule has 4 rings (SSSR count). The number of nitrogens with zero attached hydrogens (tertiary/aromatic N) is 3. The number of hydrogen-bond donors (Lipinski definition) is 1. The van der Waals surface area contributed by atoms with Gasteiger partial charge in [-0.05, 0) is 64.0 Å². The SMILES string of the molecule is CC(C)(C)NC(=O)N1CCN(Cc2occc(=O)c2OCCCCCSc2ccnc3cccc(C(F)(F)F)c23)CC1. The zero-order chi connectivity index (χ0) is 30.3. The van der Waals surface area contributed by atoms with E-state index in [1.807, 2.05) is 20.8 Å². The summed E-state index contributed by atoms with van der Waals surface area (Å²) in [6, 6.07) is 6.93. The fourth-order valence-corrected chi connectivity index (χ4v) is 5.77. The van der Waals surface area contributed by atoms with Gasteiger partial charge in [0.2, 0.25) is 11.2 Å². The molecule has 1 aliphatic heterocycles. The van der Waals surface area contributed by atoms with Gasteiger partial charge in [0.25, 0.3) is 0 Å². The number of carbonyl (C=O) groups is 1. The van der Waals surface area contributed by atoms with E-state index in [2.05, 4.69) is 15.2 Å². The molecule has 1 aromatic carbocycles. The van der Waals surface area contributed by atoms with Crippen LogP contribution < -0.4 is 15.5 Å². The van der Waals surface area contributed by atoms with Gasteiger partial charge in [-0.3, -0.25) is 14.7 Å². The highest BCUT2D eigenvalue weighted by atomic mass is 32.2. The molecular weight excluding hydrogens is 569 g/mol. The van der Waals surface area contributed by atoms with Crippen LogP contribution in [0.3, 0.4) is 0 Å². The Balaban J connectivity index is 1.23. The van der Waals surface area contributed by atoms with Crippen LogP contribution in [0.1, 0.15) is 51.4 Å². The van der Waals surface area contributed by atoms with Crippen molar-refractivity contribution in [3.8, 4) is 5.75 Å². The molecule has 0 saturated carbocycles. The van der Waals surface area contributed by atoms with Gasteiger partial charge in [-0.1, -0.05) is 6.07 Å². The normalized spacial score (nSPS) is 14.8. The predicted molar refractivity (Wildman–Crippen MR) is 157 cm³/mol. The van der Waals surface area contributed by atoms with Crippen molar-refractivity contribution >= 4 is 28.7 Å². The Morgan fingerprint density at radius 2 is 1.83 bits per heavy atom. The van der Waals surface area contributed by atoms with Crippen molar-refractivity contribution in [3.05, 3.63) is 64.3 Å². The van der Waals surface area contributed by atoms with Crippen LogP contribution in [0.4, 0.5) is 18.0 Å². The van der Waals surface area contributed by atoms with Crippen LogP contribution in [-0.4, -0.2) is 64.9 Å². The summed E-state index contributed by atoms with van der Waals surface area (Å²) < 4.78 is 52.1. The van der Waals surface area contributed by atoms with E-state index in [0.717, 1.165) is 18.9 Å². The molecule has 12 heteroatoms. The molecule has 0 aliphatic carbocycles. The summed E-state index contributed by atoms with van der Waals surface area (Å²) in [5, 5.41) is 3.12. The number of urea groups is 1. The molecule has 0 atom stereocenters. The first kappa shape index (κ1) is 31.7. The van der Waals surface area contributed by atoms with Gasteiger partial charge >= 0.3 is 12.2 Å². The van der Waals surface area contributed by atoms with Crippen molar-refractivity contribution in [1.29, 1.82) is 0 Å². The van der Waals surface area contributed by atoms with Crippen molar-refractivity contribution in [2.45, 2.75) is 63.2 Å². The third-order valence-electron chi connectivity index (χ3n) is 6.74. The molecule has 0 spiro atoms. The molecule has 2 aromatic heterocycles. The fourth-order valence-electron chi connectivity index (χ4n) is 4.69. The quantitative estimate of drug-likeness (QED) is 0.218. The second-order valence-corrected chi connectivity index (χ2v) is 12.4. The number of nitrogens with one attached hydrogen (secondary N) is 1. The molecule has 1 saturated heterocycles. The van der Waals surface area contributed by atoms with E-state index in [9.17, 15) is 22.8 Å². The van der Waals surface area contributed by atoms with Crippen LogP contribution in [0.25, 0.3) is 10.9 Å². The minimum atomic E-state index is -4.45. The summed E-state index contributed by atoms with van der Waals surface area (Å²) in [4.78, 5) is 33.5. The van der Waals surface area contributed by atoms with E-state index >= 15 is 0 Å². The summed E-state index contributed by atoms with van der Waals surface area (Å²) in [5.41, 5.74) is -0.898. The standard InChI is InChI=1S/C30H37F3N4O4S/c1-29(2,3)35-28(39)37-15-13-36(14-16-37)20-24-27(23(38)11-18-40-24)41-17-5-4-6-19-42-25-10-12-34-22-9-7-8-21(26(22)25)30(31,32)33/h7-12,18H,4-6,13-17,19-20H2,1-3H3,(H,35,39). The van der Waals surface area contributed by atoms with E-state index in [0.29, 0.717) is 67.7 Å². The van der Waals surface area contributed by atoms with Gasteiger partial charge in [0, 0.05) is 54.3 Å². The third-order valence-corrected chi connectivity index (χ3v) is 7.89. The van der Waals surface area contributed by atoms with Gasteiger partial charge in [0.1, 0.15) is 0 Å². The average Bonchev–Trinajstić information content (AvgIpc) is 2.92. The Hall–Kier alpha value is -3.25. The molecule has 1 fully saturated rings. The maximum atomic E-state index is 13.5. The number of alkyl halides is 3. The topological polar surface area (TPSA) is 87.9 Å². The molecule has 3 heterocycles. The molecule has 0 radical (unpaired) electrons. The highest BCUT2D eigenvalue weighted by Gasteiger charge is 2.33. The molecule has 8 nitrogen and oxygen atoms in total. The lowest BCUT2D eigenvalue weighted by Gasteiger charge is -2.36. The van der Waals surface area contributed by atoms with E-state index in [1.165, 1.54) is 36.4 Å². The summed E-state index contributed by atoms with van der Waals surface area (Å²) in [6.07, 6.45) is 0.687. The van der Waals surface area contributed by atoms with Crippen LogP contribution in [0.5, 0.6) is 5.75 Å². The monoisotopic (exact) mass is 606 g/mol. The lowest BCUT2D eigenvalue weighted by Crippen LogP contribution is -2.54. The summed E-state index contributed by atoms with van der Waals surface area (Å²) in [7, 11) is 0. The van der Waals surface area contributed by atoms with Crippen LogP contribution in [0, 0.1) is 0 Å². The number of aromatic nitrogens is 1. The summed E-state index contributed by atoms with van der Waals surface area (Å²) >= 11 is 1.38. The number of halogens is 3. The molecule has 42 heavy (non-hydrogen) atoms. The van der Waals surface area contributed by atoms with Crippen molar-refractivity contribution in [2.24, 2.45) is 0 Å². The number of fused-ring (bicyclic) bond motifs is 1. The number of ether oxygens (including phenoxy) is 1. The van der Waals surface area contributed by atoms with Crippen molar-refractivity contribution in [1.82, 2.24) is 20.1 Å². The zero-order valence-corrected chi connectivity index (χ0v) is 24.9. The van der Waals surface area contributed by atoms with E-state index < -0.39 is 11.7 Å². The molecule has 2 amide bonds. The van der Waals surface area contributed by atoms with Gasteiger partial charge in [0.15, 0.2) is 5.76 Å². The minimum absolute atomic E-state index is 0.0870. The Morgan fingerprint density at radius 3 is 2.55 bits per heavy atom. The van der Waals surface area contributed by atoms with Gasteiger partial charge in [-0.25, -0.2) is 4.79 Å². The van der Waals surface area contributed by atoms with Gasteiger partial charge in [-0.2, -0.15) is 13.2 Å². The second kappa shape index (κ2) is 13.8. The van der Waals surface area contributed by atoms with Crippen molar-refractivity contribution < 1.29 is 27.1 Å². The van der Waals surface area contributed by atoms with Crippen molar-refractivity contribution in [2.75, 3.05) is 38.5 Å². The fraction of sp³-hybridized carbons (Fsp3) is 0.500. The first-order valence-electron chi connectivity index (χ1n) is 14.0. The lowest BCUT2D eigenvalue weighted by atomic mass is 10.1. The first-order valence-corrected chi connectivity index (χ1v) is 15.0. The number of rotatable bonds is 10. The number of benzene rings is 1. The van der Waals surface area contributed by atoms with E-state index in [1.54, 1.807) is 17.0 Å². The molecule has 3 aromatic rings. The maximum Gasteiger partial charge on any atom is 0.417 e. The van der Waals surface area contributed by atoms with Crippen molar-refractivity contribution in [3.63, 3.8) is 0 Å². The average molecular weight is 607 g/mol. The highest BCUT2D eigenvalue weighted by Crippen LogP contribution is 2.38. The number of thioether (sulfide) groups is 1. The zero-order valence-electron chi connectivity index (χ0n) is 24.1. The Bertz CT molecular complexity index is 1410. The minimum Gasteiger partial charge on any atom is -0.486 e.